The Morgan fingerprint density at radius 1 is 1.06 bits per heavy atom. The zero-order chi connectivity index (χ0) is 23.8. The van der Waals surface area contributed by atoms with Gasteiger partial charge in [-0.3, -0.25) is 4.79 Å². The Labute approximate surface area is 202 Å². The molecule has 0 bridgehead atoms. The summed E-state index contributed by atoms with van der Waals surface area (Å²) in [6, 6.07) is 21.5. The van der Waals surface area contributed by atoms with Crippen molar-refractivity contribution in [3.63, 3.8) is 0 Å². The molecular weight excluding hydrogens is 448 g/mol. The van der Waals surface area contributed by atoms with E-state index in [-0.39, 0.29) is 18.1 Å². The first-order chi connectivity index (χ1) is 16.4. The molecule has 5 rings (SSSR count). The smallest absolute Gasteiger partial charge is 0.229 e. The second kappa shape index (κ2) is 8.88. The fourth-order valence-electron chi connectivity index (χ4n) is 4.02. The highest BCUT2D eigenvalue weighted by Gasteiger charge is 2.21. The number of nitrogens with zero attached hydrogens (tertiary/aromatic N) is 4. The van der Waals surface area contributed by atoms with E-state index in [0.29, 0.717) is 22.3 Å². The Bertz CT molecular complexity index is 1500. The molecule has 2 aromatic heterocycles. The van der Waals surface area contributed by atoms with E-state index in [1.54, 1.807) is 6.92 Å². The number of hydrogen-bond donors (Lipinski definition) is 0. The van der Waals surface area contributed by atoms with Gasteiger partial charge in [0, 0.05) is 28.9 Å². The summed E-state index contributed by atoms with van der Waals surface area (Å²) < 4.78 is 7.11. The van der Waals surface area contributed by atoms with E-state index < -0.39 is 0 Å². The van der Waals surface area contributed by atoms with Gasteiger partial charge < -0.3 is 4.52 Å². The van der Waals surface area contributed by atoms with Crippen molar-refractivity contribution in [1.29, 1.82) is 0 Å². The lowest BCUT2D eigenvalue weighted by atomic mass is 9.98. The van der Waals surface area contributed by atoms with E-state index in [4.69, 9.17) is 21.2 Å². The number of aromatic nitrogens is 4. The van der Waals surface area contributed by atoms with Crippen molar-refractivity contribution in [3.8, 4) is 16.9 Å². The van der Waals surface area contributed by atoms with Gasteiger partial charge >= 0.3 is 0 Å². The second-order valence-corrected chi connectivity index (χ2v) is 8.92. The Hall–Kier alpha value is -3.77. The summed E-state index contributed by atoms with van der Waals surface area (Å²) in [7, 11) is 0. The van der Waals surface area contributed by atoms with Crippen LogP contribution in [0.3, 0.4) is 0 Å². The van der Waals surface area contributed by atoms with Crippen LogP contribution in [-0.4, -0.2) is 25.7 Å². The summed E-state index contributed by atoms with van der Waals surface area (Å²) in [4.78, 5) is 17.4. The van der Waals surface area contributed by atoms with Crippen LogP contribution in [0.1, 0.15) is 46.9 Å². The molecule has 6 nitrogen and oxygen atoms in total. The van der Waals surface area contributed by atoms with Gasteiger partial charge in [0.1, 0.15) is 5.69 Å². The maximum atomic E-state index is 13.2. The van der Waals surface area contributed by atoms with Crippen LogP contribution in [0.2, 0.25) is 5.02 Å². The molecule has 0 spiro atoms. The fourth-order valence-corrected chi connectivity index (χ4v) is 4.25. The molecule has 1 atom stereocenters. The van der Waals surface area contributed by atoms with Crippen molar-refractivity contribution in [1.82, 2.24) is 19.9 Å². The van der Waals surface area contributed by atoms with Crippen molar-refractivity contribution < 1.29 is 9.32 Å². The normalized spacial score (nSPS) is 12.2. The minimum Gasteiger partial charge on any atom is -0.339 e. The molecule has 0 aliphatic heterocycles. The van der Waals surface area contributed by atoms with Crippen molar-refractivity contribution in [3.05, 3.63) is 94.6 Å². The molecule has 0 N–H and O–H groups in total. The lowest BCUT2D eigenvalue weighted by molar-refractivity contribution is 0.0971. The van der Waals surface area contributed by atoms with E-state index in [2.05, 4.69) is 10.1 Å². The summed E-state index contributed by atoms with van der Waals surface area (Å²) >= 11 is 6.51. The van der Waals surface area contributed by atoms with Crippen LogP contribution in [0.5, 0.6) is 0 Å². The molecule has 0 fully saturated rings. The van der Waals surface area contributed by atoms with Crippen LogP contribution in [0.4, 0.5) is 0 Å². The highest BCUT2D eigenvalue weighted by atomic mass is 35.5. The first kappa shape index (κ1) is 22.0. The largest absolute Gasteiger partial charge is 0.339 e. The molecule has 170 valence electrons. The van der Waals surface area contributed by atoms with Crippen LogP contribution >= 0.6 is 11.6 Å². The van der Waals surface area contributed by atoms with Crippen LogP contribution < -0.4 is 0 Å². The van der Waals surface area contributed by atoms with Crippen LogP contribution in [0, 0.1) is 13.8 Å². The van der Waals surface area contributed by atoms with E-state index in [1.165, 1.54) is 0 Å². The lowest BCUT2D eigenvalue weighted by Crippen LogP contribution is -2.06. The first-order valence-electron chi connectivity index (χ1n) is 11.1. The maximum Gasteiger partial charge on any atom is 0.229 e. The quantitative estimate of drug-likeness (QED) is 0.257. The molecule has 2 heterocycles. The molecule has 0 amide bonds. The summed E-state index contributed by atoms with van der Waals surface area (Å²) in [5, 5.41) is 10.3. The van der Waals surface area contributed by atoms with Crippen LogP contribution in [0.15, 0.2) is 71.3 Å². The lowest BCUT2D eigenvalue weighted by Gasteiger charge is -2.08. The van der Waals surface area contributed by atoms with Crippen LogP contribution in [-0.2, 0) is 0 Å². The van der Waals surface area contributed by atoms with Gasteiger partial charge in [0.15, 0.2) is 11.6 Å². The monoisotopic (exact) mass is 470 g/mol. The minimum absolute atomic E-state index is 0.00111. The molecule has 0 saturated carbocycles. The van der Waals surface area contributed by atoms with E-state index in [9.17, 15) is 4.79 Å². The van der Waals surface area contributed by atoms with Gasteiger partial charge in [-0.1, -0.05) is 65.6 Å². The number of carbonyl (C=O) groups excluding carboxylic acids is 1. The molecular formula is C27H23ClN4O2. The highest BCUT2D eigenvalue weighted by molar-refractivity contribution is 6.33. The Balaban J connectivity index is 1.60. The van der Waals surface area contributed by atoms with E-state index >= 15 is 0 Å². The number of ketones is 1. The third kappa shape index (κ3) is 4.13. The standard InChI is InChI=1S/C27H23ClN4O2/c1-16-8-11-20(12-9-16)32-24-15-19(25(33)14-17(2)27-29-18(3)31-34-27)10-13-22(24)26(30-32)21-6-4-5-7-23(21)28/h4-13,15,17H,14H2,1-3H3/t17-/m0/s1. The van der Waals surface area contributed by atoms with E-state index in [1.807, 2.05) is 85.3 Å². The zero-order valence-corrected chi connectivity index (χ0v) is 19.9. The summed E-state index contributed by atoms with van der Waals surface area (Å²) in [6.07, 6.45) is 0.267. The number of rotatable bonds is 6. The molecule has 0 unspecified atom stereocenters. The predicted molar refractivity (Wildman–Crippen MR) is 133 cm³/mol. The minimum atomic E-state index is -0.176. The molecule has 0 radical (unpaired) electrons. The van der Waals surface area contributed by atoms with Gasteiger partial charge in [0.2, 0.25) is 5.89 Å². The molecule has 5 aromatic rings. The van der Waals surface area contributed by atoms with Crippen molar-refractivity contribution in [2.24, 2.45) is 0 Å². The van der Waals surface area contributed by atoms with Crippen molar-refractivity contribution in [2.45, 2.75) is 33.1 Å². The fraction of sp³-hybridized carbons (Fsp3) is 0.185. The summed E-state index contributed by atoms with van der Waals surface area (Å²) in [5.74, 6) is 0.855. The number of Topliss-reactive ketones (excluding diaryl/α,β-unsaturated/α-hetero) is 1. The SMILES string of the molecule is Cc1ccc(-n2nc(-c3ccccc3Cl)c3ccc(C(=O)C[C@H](C)c4nc(C)no4)cc32)cc1. The number of fused-ring (bicyclic) bond motifs is 1. The molecule has 0 aliphatic carbocycles. The van der Waals surface area contributed by atoms with Gasteiger partial charge in [-0.25, -0.2) is 4.68 Å². The third-order valence-corrected chi connectivity index (χ3v) is 6.20. The van der Waals surface area contributed by atoms with Crippen molar-refractivity contribution in [2.75, 3.05) is 0 Å². The average Bonchev–Trinajstić information content (AvgIpc) is 3.43. The third-order valence-electron chi connectivity index (χ3n) is 5.87. The molecule has 0 saturated heterocycles. The molecule has 7 heteroatoms. The number of hydrogen-bond acceptors (Lipinski definition) is 5. The van der Waals surface area contributed by atoms with Gasteiger partial charge in [0.05, 0.1) is 16.2 Å². The van der Waals surface area contributed by atoms with Crippen LogP contribution in [0.25, 0.3) is 27.8 Å². The number of aryl methyl sites for hydroxylation is 2. The summed E-state index contributed by atoms with van der Waals surface area (Å²) in [6.45, 7) is 5.72. The molecule has 34 heavy (non-hydrogen) atoms. The van der Waals surface area contributed by atoms with E-state index in [0.717, 1.165) is 33.4 Å². The zero-order valence-electron chi connectivity index (χ0n) is 19.1. The highest BCUT2D eigenvalue weighted by Crippen LogP contribution is 2.35. The number of halogens is 1. The molecule has 3 aromatic carbocycles. The van der Waals surface area contributed by atoms with Gasteiger partial charge in [-0.05, 0) is 44.2 Å². The Kier molecular flexibility index (Phi) is 5.75. The predicted octanol–water partition coefficient (Wildman–Crippen LogP) is 6.72. The van der Waals surface area contributed by atoms with Gasteiger partial charge in [-0.15, -0.1) is 0 Å². The average molecular weight is 471 g/mol. The Morgan fingerprint density at radius 3 is 2.53 bits per heavy atom. The maximum absolute atomic E-state index is 13.2. The number of benzene rings is 3. The first-order valence-corrected chi connectivity index (χ1v) is 11.5. The topological polar surface area (TPSA) is 73.8 Å². The van der Waals surface area contributed by atoms with Gasteiger partial charge in [-0.2, -0.15) is 10.1 Å². The van der Waals surface area contributed by atoms with Crippen molar-refractivity contribution >= 4 is 28.3 Å². The second-order valence-electron chi connectivity index (χ2n) is 8.52. The van der Waals surface area contributed by atoms with Gasteiger partial charge in [0.25, 0.3) is 0 Å². The molecule has 0 aliphatic rings. The Morgan fingerprint density at radius 2 is 1.82 bits per heavy atom. The number of carbonyl (C=O) groups is 1. The summed E-state index contributed by atoms with van der Waals surface area (Å²) in [5.41, 5.74) is 5.13.